The van der Waals surface area contributed by atoms with Crippen molar-refractivity contribution in [2.24, 2.45) is 0 Å². The summed E-state index contributed by atoms with van der Waals surface area (Å²) in [6, 6.07) is 7.12. The number of hydrogen-bond donors (Lipinski definition) is 0. The molecule has 0 aliphatic carbocycles. The lowest BCUT2D eigenvalue weighted by atomic mass is 10.2. The molecule has 0 spiro atoms. The molecule has 148 valence electrons. The van der Waals surface area contributed by atoms with Crippen LogP contribution in [0.3, 0.4) is 0 Å². The Balaban J connectivity index is 1.96. The Morgan fingerprint density at radius 2 is 1.89 bits per heavy atom. The van der Waals surface area contributed by atoms with Crippen molar-refractivity contribution in [1.82, 2.24) is 4.98 Å². The zero-order chi connectivity index (χ0) is 20.3. The fourth-order valence-electron chi connectivity index (χ4n) is 2.33. The molecule has 0 saturated carbocycles. The SMILES string of the molecule is COc1ccc(CN(Sc2cc(Cl)c(F)cc2F)c2ncc(F)s2)c(OC)c1. The number of hydrogen-bond acceptors (Lipinski definition) is 6. The van der Waals surface area contributed by atoms with Crippen molar-refractivity contribution < 1.29 is 22.6 Å². The van der Waals surface area contributed by atoms with Crippen LogP contribution in [0, 0.1) is 16.8 Å². The third-order valence-electron chi connectivity index (χ3n) is 3.67. The molecule has 1 aromatic heterocycles. The van der Waals surface area contributed by atoms with Crippen molar-refractivity contribution in [1.29, 1.82) is 0 Å². The first kappa shape index (κ1) is 20.6. The number of aromatic nitrogens is 1. The van der Waals surface area contributed by atoms with Crippen LogP contribution in [0.25, 0.3) is 0 Å². The van der Waals surface area contributed by atoms with E-state index in [2.05, 4.69) is 4.98 Å². The van der Waals surface area contributed by atoms with Crippen LogP contribution < -0.4 is 13.8 Å². The molecular formula is C18H14ClF3N2O2S2. The fraction of sp³-hybridized carbons (Fsp3) is 0.167. The molecule has 0 atom stereocenters. The standard InChI is InChI=1S/C18H14ClF3N2O2S2/c1-25-11-4-3-10(15(5-11)26-2)9-24(18-23-8-17(22)27-18)28-16-6-12(19)13(20)7-14(16)21/h3-8H,9H2,1-2H3. The average Bonchev–Trinajstić information content (AvgIpc) is 3.11. The number of methoxy groups -OCH3 is 2. The maximum atomic E-state index is 14.2. The number of nitrogens with zero attached hydrogens (tertiary/aromatic N) is 2. The van der Waals surface area contributed by atoms with Crippen LogP contribution >= 0.6 is 34.9 Å². The molecule has 0 bridgehead atoms. The van der Waals surface area contributed by atoms with Gasteiger partial charge in [-0.2, -0.15) is 4.39 Å². The van der Waals surface area contributed by atoms with Crippen LogP contribution in [0.1, 0.15) is 5.56 Å². The molecule has 0 aliphatic rings. The summed E-state index contributed by atoms with van der Waals surface area (Å²) in [6.45, 7) is 0.208. The minimum atomic E-state index is -0.854. The first-order valence-electron chi connectivity index (χ1n) is 7.83. The van der Waals surface area contributed by atoms with Gasteiger partial charge in [0.1, 0.15) is 23.1 Å². The average molecular weight is 447 g/mol. The summed E-state index contributed by atoms with van der Waals surface area (Å²) in [4.78, 5) is 4.10. The van der Waals surface area contributed by atoms with Crippen LogP contribution in [0.4, 0.5) is 18.3 Å². The number of anilines is 1. The molecule has 3 aromatic rings. The molecule has 0 N–H and O–H groups in total. The first-order chi connectivity index (χ1) is 13.4. The molecule has 10 heteroatoms. The van der Waals surface area contributed by atoms with E-state index in [4.69, 9.17) is 21.1 Å². The van der Waals surface area contributed by atoms with E-state index in [1.165, 1.54) is 20.3 Å². The van der Waals surface area contributed by atoms with Crippen molar-refractivity contribution in [2.75, 3.05) is 18.5 Å². The Morgan fingerprint density at radius 3 is 2.54 bits per heavy atom. The molecule has 2 aromatic carbocycles. The number of thiazole rings is 1. The van der Waals surface area contributed by atoms with Gasteiger partial charge in [-0.1, -0.05) is 22.9 Å². The van der Waals surface area contributed by atoms with Crippen molar-refractivity contribution in [3.63, 3.8) is 0 Å². The van der Waals surface area contributed by atoms with Crippen LogP contribution in [-0.4, -0.2) is 19.2 Å². The lowest BCUT2D eigenvalue weighted by Crippen LogP contribution is -2.15. The van der Waals surface area contributed by atoms with Gasteiger partial charge in [-0.25, -0.2) is 13.8 Å². The Labute approximate surface area is 173 Å². The molecule has 3 rings (SSSR count). The number of halogens is 4. The summed E-state index contributed by atoms with van der Waals surface area (Å²) < 4.78 is 53.4. The van der Waals surface area contributed by atoms with Gasteiger partial charge in [-0.05, 0) is 30.1 Å². The topological polar surface area (TPSA) is 34.6 Å². The second-order valence-corrected chi connectivity index (χ2v) is 7.88. The molecule has 0 fully saturated rings. The molecule has 0 unspecified atom stereocenters. The summed E-state index contributed by atoms with van der Waals surface area (Å²) in [5.74, 6) is -0.487. The van der Waals surface area contributed by atoms with E-state index in [0.717, 1.165) is 35.0 Å². The van der Waals surface area contributed by atoms with Crippen LogP contribution in [-0.2, 0) is 6.54 Å². The quantitative estimate of drug-likeness (QED) is 0.331. The maximum absolute atomic E-state index is 14.2. The molecular weight excluding hydrogens is 433 g/mol. The van der Waals surface area contributed by atoms with Gasteiger partial charge in [-0.15, -0.1) is 0 Å². The van der Waals surface area contributed by atoms with Gasteiger partial charge in [0, 0.05) is 17.7 Å². The third-order valence-corrected chi connectivity index (χ3v) is 5.92. The largest absolute Gasteiger partial charge is 0.497 e. The van der Waals surface area contributed by atoms with Crippen molar-refractivity contribution in [3.05, 3.63) is 63.9 Å². The minimum absolute atomic E-state index is 0.0782. The van der Waals surface area contributed by atoms with Gasteiger partial charge in [0.15, 0.2) is 10.3 Å². The smallest absolute Gasteiger partial charge is 0.198 e. The fourth-order valence-corrected chi connectivity index (χ4v) is 4.22. The van der Waals surface area contributed by atoms with Gasteiger partial charge < -0.3 is 9.47 Å². The Hall–Kier alpha value is -2.10. The Kier molecular flexibility index (Phi) is 6.58. The number of benzene rings is 2. The van der Waals surface area contributed by atoms with Gasteiger partial charge in [0.2, 0.25) is 0 Å². The normalized spacial score (nSPS) is 10.8. The molecule has 4 nitrogen and oxygen atoms in total. The maximum Gasteiger partial charge on any atom is 0.198 e. The van der Waals surface area contributed by atoms with E-state index in [1.807, 2.05) is 0 Å². The summed E-state index contributed by atoms with van der Waals surface area (Å²) in [5.41, 5.74) is 0.736. The summed E-state index contributed by atoms with van der Waals surface area (Å²) in [6.07, 6.45) is 1.08. The zero-order valence-electron chi connectivity index (χ0n) is 14.7. The highest BCUT2D eigenvalue weighted by Crippen LogP contribution is 2.37. The Bertz CT molecular complexity index is 987. The van der Waals surface area contributed by atoms with Crippen molar-refractivity contribution >= 4 is 40.0 Å². The first-order valence-corrected chi connectivity index (χ1v) is 9.80. The van der Waals surface area contributed by atoms with Crippen LogP contribution in [0.2, 0.25) is 5.02 Å². The highest BCUT2D eigenvalue weighted by atomic mass is 35.5. The molecule has 0 amide bonds. The van der Waals surface area contributed by atoms with Gasteiger partial charge in [0.25, 0.3) is 0 Å². The van der Waals surface area contributed by atoms with Gasteiger partial charge >= 0.3 is 0 Å². The highest BCUT2D eigenvalue weighted by molar-refractivity contribution is 8.00. The predicted molar refractivity (Wildman–Crippen MR) is 105 cm³/mol. The molecule has 28 heavy (non-hydrogen) atoms. The van der Waals surface area contributed by atoms with E-state index in [-0.39, 0.29) is 16.5 Å². The van der Waals surface area contributed by atoms with Gasteiger partial charge in [0.05, 0.1) is 36.9 Å². The van der Waals surface area contributed by atoms with Crippen LogP contribution in [0.15, 0.2) is 41.4 Å². The second-order valence-electron chi connectivity index (χ2n) is 5.45. The van der Waals surface area contributed by atoms with E-state index in [1.54, 1.807) is 22.5 Å². The lowest BCUT2D eigenvalue weighted by Gasteiger charge is -2.22. The van der Waals surface area contributed by atoms with E-state index in [0.29, 0.717) is 22.7 Å². The van der Waals surface area contributed by atoms with Gasteiger partial charge in [-0.3, -0.25) is 4.31 Å². The molecule has 0 radical (unpaired) electrons. The summed E-state index contributed by atoms with van der Waals surface area (Å²) in [7, 11) is 3.05. The molecule has 1 heterocycles. The van der Waals surface area contributed by atoms with Crippen LogP contribution in [0.5, 0.6) is 11.5 Å². The molecule has 0 aliphatic heterocycles. The summed E-state index contributed by atoms with van der Waals surface area (Å²) in [5, 5.41) is -0.392. The van der Waals surface area contributed by atoms with Crippen molar-refractivity contribution in [2.45, 2.75) is 11.4 Å². The third kappa shape index (κ3) is 4.65. The summed E-state index contributed by atoms with van der Waals surface area (Å²) >= 11 is 7.51. The van der Waals surface area contributed by atoms with Crippen molar-refractivity contribution in [3.8, 4) is 11.5 Å². The lowest BCUT2D eigenvalue weighted by molar-refractivity contribution is 0.391. The second kappa shape index (κ2) is 8.93. The zero-order valence-corrected chi connectivity index (χ0v) is 17.1. The monoisotopic (exact) mass is 446 g/mol. The highest BCUT2D eigenvalue weighted by Gasteiger charge is 2.20. The van der Waals surface area contributed by atoms with E-state index in [9.17, 15) is 13.2 Å². The predicted octanol–water partition coefficient (Wildman–Crippen LogP) is 5.94. The van der Waals surface area contributed by atoms with E-state index < -0.39 is 16.8 Å². The number of rotatable bonds is 7. The minimum Gasteiger partial charge on any atom is -0.497 e. The number of ether oxygens (including phenoxy) is 2. The molecule has 0 saturated heterocycles. The van der Waals surface area contributed by atoms with E-state index >= 15 is 0 Å². The Morgan fingerprint density at radius 1 is 1.11 bits per heavy atom.